The first kappa shape index (κ1) is 26.5. The Balaban J connectivity index is -0.000000151. The molecule has 0 unspecified atom stereocenters. The summed E-state index contributed by atoms with van der Waals surface area (Å²) < 4.78 is -3.33. The molecule has 1 aliphatic carbocycles. The molecule has 0 amide bonds. The summed E-state index contributed by atoms with van der Waals surface area (Å²) in [6.45, 7) is 0. The topological polar surface area (TPSA) is 0 Å². The Bertz CT molecular complexity index is 144. The molecule has 0 N–H and O–H groups in total. The molecule has 0 aromatic heterocycles. The van der Waals surface area contributed by atoms with Crippen LogP contribution >= 0.6 is 49.0 Å². The van der Waals surface area contributed by atoms with Crippen LogP contribution < -0.4 is 37.2 Å². The van der Waals surface area contributed by atoms with Crippen LogP contribution in [0.4, 0.5) is 0 Å². The molecule has 0 aliphatic heterocycles. The summed E-state index contributed by atoms with van der Waals surface area (Å²) >= 11 is 23.6. The molecular weight excluding hydrogens is 378 g/mol. The van der Waals surface area contributed by atoms with Crippen molar-refractivity contribution >= 4 is 66.3 Å². The minimum Gasteiger partial charge on any atom is -1.00 e. The monoisotopic (exact) mass is 386 g/mol. The molecule has 0 radical (unpaired) electrons. The summed E-state index contributed by atoms with van der Waals surface area (Å²) in [5.74, 6) is 0. The van der Waals surface area contributed by atoms with E-state index in [9.17, 15) is 0 Å². The Labute approximate surface area is 140 Å². The van der Waals surface area contributed by atoms with E-state index in [4.69, 9.17) is 45.0 Å². The molecule has 1 aliphatic rings. The number of rotatable bonds is 1. The fourth-order valence-electron chi connectivity index (χ4n) is 1.47. The molecule has 0 atom stereocenters. The Kier molecular flexibility index (Phi) is 17.4. The van der Waals surface area contributed by atoms with Crippen LogP contribution in [0.25, 0.3) is 0 Å². The van der Waals surface area contributed by atoms with Gasteiger partial charge in [0.05, 0.1) is 0 Å². The van der Waals surface area contributed by atoms with E-state index in [1.807, 2.05) is 0 Å². The maximum absolute atomic E-state index is 5.89. The van der Waals surface area contributed by atoms with E-state index < -0.39 is 4.01 Å². The van der Waals surface area contributed by atoms with E-state index in [1.54, 1.807) is 0 Å². The second-order valence-corrected chi connectivity index (χ2v) is 16.9. The van der Waals surface area contributed by atoms with Crippen molar-refractivity contribution in [2.75, 3.05) is 0 Å². The maximum Gasteiger partial charge on any atom is 3.00 e. The van der Waals surface area contributed by atoms with Crippen LogP contribution in [-0.4, -0.2) is 23.0 Å². The van der Waals surface area contributed by atoms with Crippen LogP contribution in [0.5, 0.6) is 0 Å². The van der Waals surface area contributed by atoms with Crippen LogP contribution in [0.2, 0.25) is 0 Å². The van der Waals surface area contributed by atoms with Crippen molar-refractivity contribution in [3.63, 3.8) is 0 Å². The van der Waals surface area contributed by atoms with Crippen molar-refractivity contribution in [2.45, 2.75) is 37.8 Å². The van der Waals surface area contributed by atoms with Crippen molar-refractivity contribution < 1.29 is 37.2 Å². The van der Waals surface area contributed by atoms with Gasteiger partial charge in [0.15, 0.2) is 0 Å². The summed E-state index contributed by atoms with van der Waals surface area (Å²) in [6.07, 6.45) is 5.53. The first-order chi connectivity index (χ1) is 4.86. The SMILES string of the molecule is ClP(Cl)(Cl)(Cl)C1CCCCC1.[Al+3].[Cl-].[Cl-].[Cl-]. The zero-order valence-electron chi connectivity index (χ0n) is 7.78. The van der Waals surface area contributed by atoms with E-state index in [2.05, 4.69) is 0 Å². The first-order valence-corrected chi connectivity index (χ1v) is 9.68. The van der Waals surface area contributed by atoms with Gasteiger partial charge >= 0.3 is 104 Å². The molecule has 92 valence electrons. The zero-order chi connectivity index (χ0) is 8.56. The van der Waals surface area contributed by atoms with Gasteiger partial charge in [0.1, 0.15) is 0 Å². The summed E-state index contributed by atoms with van der Waals surface area (Å²) in [5, 5.41) is 0. The van der Waals surface area contributed by atoms with Crippen LogP contribution in [0.1, 0.15) is 32.1 Å². The van der Waals surface area contributed by atoms with Gasteiger partial charge in [-0.15, -0.1) is 0 Å². The van der Waals surface area contributed by atoms with Gasteiger partial charge in [-0.25, -0.2) is 0 Å². The van der Waals surface area contributed by atoms with Crippen LogP contribution in [0, 0.1) is 0 Å². The fraction of sp³-hybridized carbons (Fsp3) is 1.00. The number of halogens is 7. The average molecular weight is 389 g/mol. The van der Waals surface area contributed by atoms with Crippen molar-refractivity contribution in [1.29, 1.82) is 0 Å². The second kappa shape index (κ2) is 9.86. The third kappa shape index (κ3) is 10.6. The minimum atomic E-state index is -3.33. The third-order valence-electron chi connectivity index (χ3n) is 2.13. The van der Waals surface area contributed by atoms with Crippen molar-refractivity contribution in [1.82, 2.24) is 0 Å². The fourth-order valence-corrected chi connectivity index (χ4v) is 4.96. The molecular formula is C6H11AlCl7P. The smallest absolute Gasteiger partial charge is 1.00 e. The van der Waals surface area contributed by atoms with Crippen molar-refractivity contribution in [3.8, 4) is 0 Å². The minimum absolute atomic E-state index is 0. The molecule has 15 heavy (non-hydrogen) atoms. The average Bonchev–Trinajstić information content (AvgIpc) is 1.86. The number of hydrogen-bond acceptors (Lipinski definition) is 0. The Hall–Kier alpha value is 2.99. The molecule has 0 spiro atoms. The molecule has 0 heterocycles. The van der Waals surface area contributed by atoms with E-state index in [0.29, 0.717) is 0 Å². The van der Waals surface area contributed by atoms with Gasteiger partial charge in [0.25, 0.3) is 0 Å². The predicted molar refractivity (Wildman–Crippen MR) is 63.0 cm³/mol. The van der Waals surface area contributed by atoms with Gasteiger partial charge in [-0.1, -0.05) is 0 Å². The summed E-state index contributed by atoms with van der Waals surface area (Å²) in [7, 11) is 0. The van der Waals surface area contributed by atoms with Gasteiger partial charge in [-0.05, 0) is 0 Å². The Morgan fingerprint density at radius 3 is 1.27 bits per heavy atom. The molecule has 0 aromatic carbocycles. The van der Waals surface area contributed by atoms with E-state index in [1.165, 1.54) is 6.42 Å². The number of hydrogen-bond donors (Lipinski definition) is 0. The van der Waals surface area contributed by atoms with Crippen molar-refractivity contribution in [3.05, 3.63) is 0 Å². The predicted octanol–water partition coefficient (Wildman–Crippen LogP) is -3.88. The summed E-state index contributed by atoms with van der Waals surface area (Å²) in [4.78, 5) is 0. The Morgan fingerprint density at radius 2 is 1.07 bits per heavy atom. The molecule has 9 heteroatoms. The molecule has 1 fully saturated rings. The molecule has 0 nitrogen and oxygen atoms in total. The maximum atomic E-state index is 5.89. The third-order valence-corrected chi connectivity index (χ3v) is 7.06. The molecule has 0 aromatic rings. The van der Waals surface area contributed by atoms with Crippen LogP contribution in [-0.2, 0) is 0 Å². The van der Waals surface area contributed by atoms with Gasteiger partial charge in [0, 0.05) is 0 Å². The van der Waals surface area contributed by atoms with E-state index in [0.717, 1.165) is 25.7 Å². The molecule has 0 saturated heterocycles. The normalized spacial score (nSPS) is 19.1. The van der Waals surface area contributed by atoms with Gasteiger partial charge in [-0.3, -0.25) is 0 Å². The molecule has 1 saturated carbocycles. The van der Waals surface area contributed by atoms with Gasteiger partial charge in [-0.2, -0.15) is 0 Å². The molecule has 1 rings (SSSR count). The largest absolute Gasteiger partial charge is 3.00 e. The summed E-state index contributed by atoms with van der Waals surface area (Å²) in [5.41, 5.74) is 0.140. The summed E-state index contributed by atoms with van der Waals surface area (Å²) in [6, 6.07) is 0. The zero-order valence-corrected chi connectivity index (χ0v) is 15.1. The van der Waals surface area contributed by atoms with E-state index >= 15 is 0 Å². The second-order valence-electron chi connectivity index (χ2n) is 3.07. The van der Waals surface area contributed by atoms with Gasteiger partial charge < -0.3 is 37.2 Å². The molecule has 0 bridgehead atoms. The quantitative estimate of drug-likeness (QED) is 0.318. The van der Waals surface area contributed by atoms with Crippen LogP contribution in [0.3, 0.4) is 0 Å². The Morgan fingerprint density at radius 1 is 0.733 bits per heavy atom. The van der Waals surface area contributed by atoms with Gasteiger partial charge in [0.2, 0.25) is 0 Å². The standard InChI is InChI=1S/C6H11Cl4P.Al.3ClH/c7-11(8,9,10)6-4-2-1-3-5-6;;;;/h6H,1-5H2;;3*1H/q;+3;;;/p-3. The van der Waals surface area contributed by atoms with Crippen LogP contribution in [0.15, 0.2) is 0 Å². The van der Waals surface area contributed by atoms with Crippen molar-refractivity contribution in [2.24, 2.45) is 0 Å². The first-order valence-electron chi connectivity index (χ1n) is 3.75. The van der Waals surface area contributed by atoms with E-state index in [-0.39, 0.29) is 60.2 Å².